The van der Waals surface area contributed by atoms with Gasteiger partial charge in [0, 0.05) is 25.8 Å². The second kappa shape index (κ2) is 10.0. The normalized spacial score (nSPS) is 11.3. The van der Waals surface area contributed by atoms with Crippen LogP contribution in [0.15, 0.2) is 69.2 Å². The largest absolute Gasteiger partial charge is 0.497 e. The molecule has 1 aromatic heterocycles. The third-order valence-electron chi connectivity index (χ3n) is 4.53. The number of anilines is 1. The zero-order chi connectivity index (χ0) is 23.3. The van der Waals surface area contributed by atoms with Crippen LogP contribution in [0.3, 0.4) is 0 Å². The van der Waals surface area contributed by atoms with Crippen LogP contribution in [0.5, 0.6) is 11.6 Å². The number of aromatic hydroxyl groups is 1. The van der Waals surface area contributed by atoms with E-state index in [-0.39, 0.29) is 22.3 Å². The maximum atomic E-state index is 12.8. The van der Waals surface area contributed by atoms with Gasteiger partial charge in [-0.1, -0.05) is 36.0 Å². The Bertz CT molecular complexity index is 1280. The third kappa shape index (κ3) is 5.09. The first-order chi connectivity index (χ1) is 15.3. The minimum absolute atomic E-state index is 0.0890. The summed E-state index contributed by atoms with van der Waals surface area (Å²) in [6.07, 6.45) is 0. The number of ether oxygens (including phenoxy) is 1. The van der Waals surface area contributed by atoms with Crippen LogP contribution in [-0.4, -0.2) is 38.1 Å². The van der Waals surface area contributed by atoms with Gasteiger partial charge in [0.2, 0.25) is 11.8 Å². The van der Waals surface area contributed by atoms with Crippen LogP contribution in [0.25, 0.3) is 0 Å². The van der Waals surface area contributed by atoms with Crippen molar-refractivity contribution >= 4 is 34.1 Å². The molecule has 3 aromatic rings. The Morgan fingerprint density at radius 2 is 1.81 bits per heavy atom. The number of carbonyl (C=O) groups excluding carboxylic acids is 1. The molecule has 0 radical (unpaired) electrons. The van der Waals surface area contributed by atoms with Crippen LogP contribution in [0.4, 0.5) is 11.4 Å². The molecule has 0 aliphatic rings. The number of thioether (sulfide) groups is 1. The quantitative estimate of drug-likeness (QED) is 0.436. The Balaban J connectivity index is 1.94. The summed E-state index contributed by atoms with van der Waals surface area (Å²) in [5, 5.41) is 13.4. The van der Waals surface area contributed by atoms with E-state index in [1.54, 1.807) is 48.5 Å². The molecular weight excluding hydrogens is 432 g/mol. The first kappa shape index (κ1) is 22.9. The molecule has 0 saturated carbocycles. The van der Waals surface area contributed by atoms with E-state index >= 15 is 0 Å². The van der Waals surface area contributed by atoms with Gasteiger partial charge in [0.1, 0.15) is 16.4 Å². The highest BCUT2D eigenvalue weighted by Crippen LogP contribution is 2.23. The first-order valence-electron chi connectivity index (χ1n) is 9.51. The molecule has 0 unspecified atom stereocenters. The molecule has 0 bridgehead atoms. The Kier molecular flexibility index (Phi) is 7.16. The number of hydrogen-bond donors (Lipinski definition) is 2. The molecule has 0 fully saturated rings. The number of methoxy groups -OCH3 is 1. The maximum absolute atomic E-state index is 12.8. The fraction of sp³-hybridized carbons (Fsp3) is 0.182. The van der Waals surface area contributed by atoms with Crippen molar-refractivity contribution in [1.82, 2.24) is 9.13 Å². The SMILES string of the molecule is COc1cccc(NC(=O)CSC(=Nc2ccccc2)c2c(O)n(C)c(=O)n(C)c2=O)c1. The third-order valence-corrected chi connectivity index (χ3v) is 5.50. The second-order valence-corrected chi connectivity index (χ2v) is 7.69. The van der Waals surface area contributed by atoms with Crippen LogP contribution < -0.4 is 21.3 Å². The highest BCUT2D eigenvalue weighted by atomic mass is 32.2. The van der Waals surface area contributed by atoms with E-state index in [4.69, 9.17) is 4.74 Å². The number of aliphatic imine (C=N–C) groups is 1. The lowest BCUT2D eigenvalue weighted by molar-refractivity contribution is -0.113. The summed E-state index contributed by atoms with van der Waals surface area (Å²) in [6.45, 7) is 0. The highest BCUT2D eigenvalue weighted by Gasteiger charge is 2.21. The van der Waals surface area contributed by atoms with Gasteiger partial charge in [0.25, 0.3) is 5.56 Å². The average Bonchev–Trinajstić information content (AvgIpc) is 2.80. The van der Waals surface area contributed by atoms with Gasteiger partial charge < -0.3 is 15.2 Å². The van der Waals surface area contributed by atoms with Crippen LogP contribution in [-0.2, 0) is 18.9 Å². The Morgan fingerprint density at radius 1 is 1.09 bits per heavy atom. The summed E-state index contributed by atoms with van der Waals surface area (Å²) in [4.78, 5) is 41.9. The number of amides is 1. The molecule has 166 valence electrons. The predicted molar refractivity (Wildman–Crippen MR) is 125 cm³/mol. The van der Waals surface area contributed by atoms with Crippen LogP contribution in [0.2, 0.25) is 0 Å². The van der Waals surface area contributed by atoms with E-state index in [0.717, 1.165) is 20.9 Å². The summed E-state index contributed by atoms with van der Waals surface area (Å²) in [5.41, 5.74) is -0.453. The molecular formula is C22H22N4O5S. The monoisotopic (exact) mass is 454 g/mol. The lowest BCUT2D eigenvalue weighted by Crippen LogP contribution is -2.39. The number of benzene rings is 2. The summed E-state index contributed by atoms with van der Waals surface area (Å²) in [6, 6.07) is 15.7. The van der Waals surface area contributed by atoms with E-state index < -0.39 is 17.1 Å². The van der Waals surface area contributed by atoms with Crippen molar-refractivity contribution in [1.29, 1.82) is 0 Å². The van der Waals surface area contributed by atoms with Crippen molar-refractivity contribution in [2.45, 2.75) is 0 Å². The Morgan fingerprint density at radius 3 is 2.50 bits per heavy atom. The fourth-order valence-corrected chi connectivity index (χ4v) is 3.67. The number of carbonyl (C=O) groups is 1. The van der Waals surface area contributed by atoms with Crippen molar-refractivity contribution in [3.05, 3.63) is 81.0 Å². The molecule has 9 nitrogen and oxygen atoms in total. The van der Waals surface area contributed by atoms with Crippen LogP contribution in [0, 0.1) is 0 Å². The summed E-state index contributed by atoms with van der Waals surface area (Å²) in [7, 11) is 4.19. The standard InChI is InChI=1S/C22H22N4O5S/c1-25-20(28)18(21(29)26(2)22(25)30)19(24-14-8-5-4-6-9-14)32-13-17(27)23-15-10-7-11-16(12-15)31-3/h4-12,28H,13H2,1-3H3,(H,23,27). The van der Waals surface area contributed by atoms with Gasteiger partial charge in [-0.3, -0.25) is 18.7 Å². The molecule has 3 rings (SSSR count). The number of nitrogens with zero attached hydrogens (tertiary/aromatic N) is 3. The lowest BCUT2D eigenvalue weighted by atomic mass is 10.3. The molecule has 0 aliphatic carbocycles. The maximum Gasteiger partial charge on any atom is 0.333 e. The molecule has 0 saturated heterocycles. The van der Waals surface area contributed by atoms with Crippen LogP contribution >= 0.6 is 11.8 Å². The zero-order valence-electron chi connectivity index (χ0n) is 17.7. The van der Waals surface area contributed by atoms with Gasteiger partial charge in [-0.15, -0.1) is 0 Å². The number of hydrogen-bond acceptors (Lipinski definition) is 7. The van der Waals surface area contributed by atoms with Gasteiger partial charge >= 0.3 is 5.69 Å². The molecule has 32 heavy (non-hydrogen) atoms. The lowest BCUT2D eigenvalue weighted by Gasteiger charge is -2.12. The van der Waals surface area contributed by atoms with Crippen molar-refractivity contribution in [3.8, 4) is 11.6 Å². The summed E-state index contributed by atoms with van der Waals surface area (Å²) >= 11 is 0.976. The van der Waals surface area contributed by atoms with Gasteiger partial charge in [0.15, 0.2) is 0 Å². The summed E-state index contributed by atoms with van der Waals surface area (Å²) < 4.78 is 6.98. The topological polar surface area (TPSA) is 115 Å². The Hall–Kier alpha value is -3.79. The van der Waals surface area contributed by atoms with Crippen molar-refractivity contribution in [3.63, 3.8) is 0 Å². The van der Waals surface area contributed by atoms with E-state index in [1.807, 2.05) is 6.07 Å². The molecule has 2 aromatic carbocycles. The molecule has 1 heterocycles. The van der Waals surface area contributed by atoms with E-state index in [9.17, 15) is 19.5 Å². The van der Waals surface area contributed by atoms with Gasteiger partial charge in [-0.2, -0.15) is 0 Å². The van der Waals surface area contributed by atoms with Gasteiger partial charge in [0.05, 0.1) is 18.6 Å². The number of para-hydroxylation sites is 1. The van der Waals surface area contributed by atoms with Gasteiger partial charge in [-0.25, -0.2) is 9.79 Å². The minimum Gasteiger partial charge on any atom is -0.497 e. The van der Waals surface area contributed by atoms with Crippen LogP contribution in [0.1, 0.15) is 5.56 Å². The number of aromatic nitrogens is 2. The molecule has 0 spiro atoms. The minimum atomic E-state index is -0.707. The number of nitrogens with one attached hydrogen (secondary N) is 1. The molecule has 1 amide bonds. The molecule has 10 heteroatoms. The molecule has 0 aliphatic heterocycles. The zero-order valence-corrected chi connectivity index (χ0v) is 18.5. The smallest absolute Gasteiger partial charge is 0.333 e. The van der Waals surface area contributed by atoms with Crippen molar-refractivity contribution in [2.75, 3.05) is 18.2 Å². The molecule has 2 N–H and O–H groups in total. The first-order valence-corrected chi connectivity index (χ1v) is 10.5. The molecule has 0 atom stereocenters. The number of rotatable bonds is 6. The van der Waals surface area contributed by atoms with E-state index in [1.165, 1.54) is 21.2 Å². The van der Waals surface area contributed by atoms with Gasteiger partial charge in [-0.05, 0) is 24.3 Å². The van der Waals surface area contributed by atoms with E-state index in [2.05, 4.69) is 10.3 Å². The second-order valence-electron chi connectivity index (χ2n) is 6.73. The average molecular weight is 455 g/mol. The van der Waals surface area contributed by atoms with Crippen molar-refractivity contribution < 1.29 is 14.6 Å². The van der Waals surface area contributed by atoms with E-state index in [0.29, 0.717) is 17.1 Å². The van der Waals surface area contributed by atoms with Crippen molar-refractivity contribution in [2.24, 2.45) is 19.1 Å². The summed E-state index contributed by atoms with van der Waals surface area (Å²) in [5.74, 6) is -0.354. The fourth-order valence-electron chi connectivity index (χ4n) is 2.83. The highest BCUT2D eigenvalue weighted by molar-refractivity contribution is 8.15. The predicted octanol–water partition coefficient (Wildman–Crippen LogP) is 2.25. The Labute approximate surface area is 188 Å².